The quantitative estimate of drug-likeness (QED) is 0.896. The normalized spacial score (nSPS) is 15.2. The number of nitrogens with two attached hydrogens (primary N) is 1. The number of aliphatic hydroxyl groups excluding tert-OH is 1. The van der Waals surface area contributed by atoms with Gasteiger partial charge in [-0.15, -0.1) is 0 Å². The molecule has 0 bridgehead atoms. The molecule has 16 heavy (non-hydrogen) atoms. The molecule has 1 aromatic rings. The molecule has 1 aromatic carbocycles. The van der Waals surface area contributed by atoms with Crippen molar-refractivity contribution in [3.8, 4) is 0 Å². The lowest BCUT2D eigenvalue weighted by Crippen LogP contribution is -2.26. The first-order valence-electron chi connectivity index (χ1n) is 5.30. The number of halogens is 2. The fourth-order valence-electron chi connectivity index (χ4n) is 1.74. The van der Waals surface area contributed by atoms with Gasteiger partial charge in [0.2, 0.25) is 0 Å². The van der Waals surface area contributed by atoms with Crippen LogP contribution in [0.4, 0.5) is 0 Å². The van der Waals surface area contributed by atoms with Gasteiger partial charge < -0.3 is 10.8 Å². The average molecular weight is 307 g/mol. The van der Waals surface area contributed by atoms with Gasteiger partial charge in [-0.05, 0) is 30.2 Å². The summed E-state index contributed by atoms with van der Waals surface area (Å²) in [5.41, 5.74) is 6.53. The van der Waals surface area contributed by atoms with E-state index in [1.807, 2.05) is 6.07 Å². The van der Waals surface area contributed by atoms with Crippen LogP contribution < -0.4 is 5.73 Å². The van der Waals surface area contributed by atoms with Crippen LogP contribution in [0.2, 0.25) is 5.02 Å². The van der Waals surface area contributed by atoms with E-state index in [2.05, 4.69) is 29.8 Å². The molecular weight excluding hydrogens is 289 g/mol. The zero-order valence-electron chi connectivity index (χ0n) is 9.45. The van der Waals surface area contributed by atoms with E-state index in [9.17, 15) is 5.11 Å². The minimum absolute atomic E-state index is 0.0532. The molecule has 90 valence electrons. The molecule has 0 saturated carbocycles. The Hall–Kier alpha value is -0.0900. The Morgan fingerprint density at radius 2 is 2.06 bits per heavy atom. The van der Waals surface area contributed by atoms with E-state index >= 15 is 0 Å². The summed E-state index contributed by atoms with van der Waals surface area (Å²) in [6, 6.07) is 5.40. The summed E-state index contributed by atoms with van der Waals surface area (Å²) in [6.07, 6.45) is -0.559. The van der Waals surface area contributed by atoms with Crippen LogP contribution in [0.1, 0.15) is 25.5 Å². The summed E-state index contributed by atoms with van der Waals surface area (Å²) in [4.78, 5) is 0. The van der Waals surface area contributed by atoms with E-state index in [4.69, 9.17) is 17.3 Å². The molecule has 0 saturated heterocycles. The van der Waals surface area contributed by atoms with E-state index in [1.54, 1.807) is 12.1 Å². The topological polar surface area (TPSA) is 46.2 Å². The van der Waals surface area contributed by atoms with E-state index in [1.165, 1.54) is 0 Å². The lowest BCUT2D eigenvalue weighted by atomic mass is 9.87. The molecule has 0 aromatic heterocycles. The Bertz CT molecular complexity index is 357. The lowest BCUT2D eigenvalue weighted by molar-refractivity contribution is 0.0855. The van der Waals surface area contributed by atoms with Gasteiger partial charge >= 0.3 is 0 Å². The molecule has 0 amide bonds. The monoisotopic (exact) mass is 305 g/mol. The lowest BCUT2D eigenvalue weighted by Gasteiger charge is -2.26. The maximum absolute atomic E-state index is 10.3. The van der Waals surface area contributed by atoms with E-state index in [-0.39, 0.29) is 5.92 Å². The number of aliphatic hydroxyl groups is 1. The summed E-state index contributed by atoms with van der Waals surface area (Å²) < 4.78 is 0.826. The SMILES string of the molecule is CC(C)C(CN)C(O)c1ccc(Cl)cc1Br. The Kier molecular flexibility index (Phi) is 5.25. The Balaban J connectivity index is 2.99. The van der Waals surface area contributed by atoms with Gasteiger partial charge in [-0.1, -0.05) is 47.4 Å². The molecule has 0 radical (unpaired) electrons. The Morgan fingerprint density at radius 3 is 2.50 bits per heavy atom. The first-order chi connectivity index (χ1) is 7.47. The predicted molar refractivity (Wildman–Crippen MR) is 71.5 cm³/mol. The van der Waals surface area contributed by atoms with Crippen LogP contribution in [0.5, 0.6) is 0 Å². The third kappa shape index (κ3) is 3.20. The van der Waals surface area contributed by atoms with Crippen molar-refractivity contribution in [3.05, 3.63) is 33.3 Å². The van der Waals surface area contributed by atoms with E-state index in [0.29, 0.717) is 17.5 Å². The maximum atomic E-state index is 10.3. The molecule has 3 N–H and O–H groups in total. The van der Waals surface area contributed by atoms with Gasteiger partial charge in [0.25, 0.3) is 0 Å². The van der Waals surface area contributed by atoms with Crippen molar-refractivity contribution in [2.24, 2.45) is 17.6 Å². The maximum Gasteiger partial charge on any atom is 0.0843 e. The predicted octanol–water partition coefficient (Wildman–Crippen LogP) is 3.37. The summed E-state index contributed by atoms with van der Waals surface area (Å²) in [5, 5.41) is 10.9. The first kappa shape index (κ1) is 14.0. The standard InChI is InChI=1S/C12H17BrClNO/c1-7(2)10(6-15)12(16)9-4-3-8(14)5-11(9)13/h3-5,7,10,12,16H,6,15H2,1-2H3. The van der Waals surface area contributed by atoms with Crippen LogP contribution in [0.15, 0.2) is 22.7 Å². The van der Waals surface area contributed by atoms with Crippen LogP contribution in [0.25, 0.3) is 0 Å². The highest BCUT2D eigenvalue weighted by molar-refractivity contribution is 9.10. The number of benzene rings is 1. The van der Waals surface area contributed by atoms with Gasteiger partial charge in [0, 0.05) is 15.4 Å². The molecule has 0 heterocycles. The van der Waals surface area contributed by atoms with Crippen LogP contribution in [-0.2, 0) is 0 Å². The van der Waals surface area contributed by atoms with Crippen LogP contribution in [0, 0.1) is 11.8 Å². The van der Waals surface area contributed by atoms with Crippen LogP contribution in [0.3, 0.4) is 0 Å². The third-order valence-corrected chi connectivity index (χ3v) is 3.74. The minimum atomic E-state index is -0.559. The molecule has 1 rings (SSSR count). The molecule has 2 atom stereocenters. The highest BCUT2D eigenvalue weighted by Crippen LogP contribution is 2.33. The minimum Gasteiger partial charge on any atom is -0.388 e. The van der Waals surface area contributed by atoms with Crippen molar-refractivity contribution in [2.75, 3.05) is 6.54 Å². The molecule has 0 spiro atoms. The molecule has 2 nitrogen and oxygen atoms in total. The zero-order valence-corrected chi connectivity index (χ0v) is 11.8. The second kappa shape index (κ2) is 6.01. The van der Waals surface area contributed by atoms with Gasteiger partial charge in [-0.2, -0.15) is 0 Å². The molecule has 0 aliphatic rings. The van der Waals surface area contributed by atoms with Crippen LogP contribution >= 0.6 is 27.5 Å². The van der Waals surface area contributed by atoms with Crippen molar-refractivity contribution in [3.63, 3.8) is 0 Å². The van der Waals surface area contributed by atoms with Gasteiger partial charge in [-0.3, -0.25) is 0 Å². The smallest absolute Gasteiger partial charge is 0.0843 e. The van der Waals surface area contributed by atoms with E-state index < -0.39 is 6.10 Å². The highest BCUT2D eigenvalue weighted by atomic mass is 79.9. The number of hydrogen-bond acceptors (Lipinski definition) is 2. The van der Waals surface area contributed by atoms with E-state index in [0.717, 1.165) is 10.0 Å². The summed E-state index contributed by atoms with van der Waals surface area (Å²) in [7, 11) is 0. The summed E-state index contributed by atoms with van der Waals surface area (Å²) in [6.45, 7) is 4.59. The fraction of sp³-hybridized carbons (Fsp3) is 0.500. The molecule has 2 unspecified atom stereocenters. The summed E-state index contributed by atoms with van der Waals surface area (Å²) in [5.74, 6) is 0.389. The Labute approximate surface area is 110 Å². The molecule has 4 heteroatoms. The second-order valence-electron chi connectivity index (χ2n) is 4.25. The van der Waals surface area contributed by atoms with Crippen molar-refractivity contribution < 1.29 is 5.11 Å². The molecule has 0 fully saturated rings. The van der Waals surface area contributed by atoms with Gasteiger partial charge in [0.05, 0.1) is 6.10 Å². The molecule has 0 aliphatic heterocycles. The molecular formula is C12H17BrClNO. The van der Waals surface area contributed by atoms with Crippen molar-refractivity contribution >= 4 is 27.5 Å². The van der Waals surface area contributed by atoms with Gasteiger partial charge in [0.1, 0.15) is 0 Å². The van der Waals surface area contributed by atoms with Gasteiger partial charge in [-0.25, -0.2) is 0 Å². The van der Waals surface area contributed by atoms with Crippen molar-refractivity contribution in [2.45, 2.75) is 20.0 Å². The van der Waals surface area contributed by atoms with Crippen LogP contribution in [-0.4, -0.2) is 11.7 Å². The average Bonchev–Trinajstić information content (AvgIpc) is 2.17. The third-order valence-electron chi connectivity index (χ3n) is 2.82. The largest absolute Gasteiger partial charge is 0.388 e. The summed E-state index contributed by atoms with van der Waals surface area (Å²) >= 11 is 9.27. The zero-order chi connectivity index (χ0) is 12.3. The number of rotatable bonds is 4. The number of hydrogen-bond donors (Lipinski definition) is 2. The Morgan fingerprint density at radius 1 is 1.44 bits per heavy atom. The van der Waals surface area contributed by atoms with Gasteiger partial charge in [0.15, 0.2) is 0 Å². The first-order valence-corrected chi connectivity index (χ1v) is 6.47. The second-order valence-corrected chi connectivity index (χ2v) is 5.55. The highest BCUT2D eigenvalue weighted by Gasteiger charge is 2.24. The molecule has 0 aliphatic carbocycles. The van der Waals surface area contributed by atoms with Crippen molar-refractivity contribution in [1.29, 1.82) is 0 Å². The van der Waals surface area contributed by atoms with Crippen molar-refractivity contribution in [1.82, 2.24) is 0 Å². The fourth-order valence-corrected chi connectivity index (χ4v) is 2.65.